The maximum atomic E-state index is 12.8. The summed E-state index contributed by atoms with van der Waals surface area (Å²) >= 11 is 0. The molecule has 9 heteroatoms. The van der Waals surface area contributed by atoms with E-state index >= 15 is 0 Å². The van der Waals surface area contributed by atoms with Gasteiger partial charge < -0.3 is 14.0 Å². The van der Waals surface area contributed by atoms with Crippen molar-refractivity contribution in [1.29, 1.82) is 0 Å². The minimum Gasteiger partial charge on any atom is -0.505 e. The zero-order valence-corrected chi connectivity index (χ0v) is 15.8. The van der Waals surface area contributed by atoms with Crippen LogP contribution in [0, 0.1) is 5.92 Å². The SMILES string of the molecule is CO/C=C/C1CCC(c2nnc(COc3cc(C(F)(F)F)ccn3)n2C)CC1. The Hall–Kier alpha value is -2.58. The highest BCUT2D eigenvalue weighted by atomic mass is 19.4. The highest BCUT2D eigenvalue weighted by Crippen LogP contribution is 2.35. The Kier molecular flexibility index (Phi) is 6.21. The van der Waals surface area contributed by atoms with Gasteiger partial charge >= 0.3 is 6.18 Å². The molecule has 1 aliphatic rings. The fourth-order valence-electron chi connectivity index (χ4n) is 3.42. The van der Waals surface area contributed by atoms with Gasteiger partial charge in [0.05, 0.1) is 18.9 Å². The van der Waals surface area contributed by atoms with E-state index in [1.165, 1.54) is 0 Å². The first-order valence-corrected chi connectivity index (χ1v) is 9.12. The number of pyridine rings is 1. The molecule has 152 valence electrons. The van der Waals surface area contributed by atoms with E-state index in [-0.39, 0.29) is 12.5 Å². The summed E-state index contributed by atoms with van der Waals surface area (Å²) in [7, 11) is 3.49. The smallest absolute Gasteiger partial charge is 0.416 e. The number of rotatable bonds is 6. The summed E-state index contributed by atoms with van der Waals surface area (Å²) in [6, 6.07) is 1.79. The largest absolute Gasteiger partial charge is 0.505 e. The second-order valence-corrected chi connectivity index (χ2v) is 6.88. The zero-order valence-electron chi connectivity index (χ0n) is 15.8. The predicted octanol–water partition coefficient (Wildman–Crippen LogP) is 4.24. The lowest BCUT2D eigenvalue weighted by Crippen LogP contribution is -2.16. The van der Waals surface area contributed by atoms with Crippen LogP contribution in [0.3, 0.4) is 0 Å². The van der Waals surface area contributed by atoms with Gasteiger partial charge in [-0.05, 0) is 43.7 Å². The molecule has 6 nitrogen and oxygen atoms in total. The Morgan fingerprint density at radius 1 is 1.21 bits per heavy atom. The van der Waals surface area contributed by atoms with Gasteiger partial charge in [-0.15, -0.1) is 10.2 Å². The van der Waals surface area contributed by atoms with Gasteiger partial charge in [0.15, 0.2) is 5.82 Å². The number of ether oxygens (including phenoxy) is 2. The van der Waals surface area contributed by atoms with Crippen molar-refractivity contribution in [2.45, 2.75) is 44.4 Å². The molecule has 0 unspecified atom stereocenters. The molecule has 0 aromatic carbocycles. The summed E-state index contributed by atoms with van der Waals surface area (Å²) in [5, 5.41) is 8.44. The molecule has 1 aliphatic carbocycles. The molecule has 0 N–H and O–H groups in total. The molecule has 28 heavy (non-hydrogen) atoms. The number of alkyl halides is 3. The monoisotopic (exact) mass is 396 g/mol. The van der Waals surface area contributed by atoms with Crippen LogP contribution in [0.15, 0.2) is 30.7 Å². The molecule has 3 rings (SSSR count). The van der Waals surface area contributed by atoms with E-state index in [1.807, 2.05) is 11.6 Å². The average molecular weight is 396 g/mol. The molecular formula is C19H23F3N4O2. The lowest BCUT2D eigenvalue weighted by Gasteiger charge is -2.25. The van der Waals surface area contributed by atoms with E-state index in [1.54, 1.807) is 13.4 Å². The first-order valence-electron chi connectivity index (χ1n) is 9.12. The molecule has 0 radical (unpaired) electrons. The number of allylic oxidation sites excluding steroid dienone is 1. The van der Waals surface area contributed by atoms with Gasteiger partial charge in [0, 0.05) is 25.2 Å². The van der Waals surface area contributed by atoms with Crippen LogP contribution in [0.4, 0.5) is 13.2 Å². The average Bonchev–Trinajstić information content (AvgIpc) is 3.05. The van der Waals surface area contributed by atoms with Crippen LogP contribution in [0.2, 0.25) is 0 Å². The van der Waals surface area contributed by atoms with Crippen LogP contribution < -0.4 is 4.74 Å². The van der Waals surface area contributed by atoms with Crippen molar-refractivity contribution in [2.24, 2.45) is 13.0 Å². The van der Waals surface area contributed by atoms with E-state index in [9.17, 15) is 13.2 Å². The third kappa shape index (κ3) is 4.82. The molecular weight excluding hydrogens is 373 g/mol. The lowest BCUT2D eigenvalue weighted by molar-refractivity contribution is -0.137. The number of halogens is 3. The van der Waals surface area contributed by atoms with Crippen LogP contribution in [0.25, 0.3) is 0 Å². The molecule has 0 spiro atoms. The number of hydrogen-bond acceptors (Lipinski definition) is 5. The van der Waals surface area contributed by atoms with Crippen molar-refractivity contribution in [3.63, 3.8) is 0 Å². The van der Waals surface area contributed by atoms with Gasteiger partial charge in [0.2, 0.25) is 5.88 Å². The molecule has 1 saturated carbocycles. The van der Waals surface area contributed by atoms with Crippen LogP contribution in [-0.4, -0.2) is 26.9 Å². The fourth-order valence-corrected chi connectivity index (χ4v) is 3.42. The molecule has 2 heterocycles. The van der Waals surface area contributed by atoms with Crippen molar-refractivity contribution in [1.82, 2.24) is 19.7 Å². The van der Waals surface area contributed by atoms with Gasteiger partial charge in [0.25, 0.3) is 0 Å². The molecule has 0 atom stereocenters. The number of nitrogens with zero attached hydrogens (tertiary/aromatic N) is 4. The minimum absolute atomic E-state index is 0.00370. The summed E-state index contributed by atoms with van der Waals surface area (Å²) in [5.41, 5.74) is -0.796. The van der Waals surface area contributed by atoms with Crippen LogP contribution >= 0.6 is 0 Å². The summed E-state index contributed by atoms with van der Waals surface area (Å²) < 4.78 is 50.6. The van der Waals surface area contributed by atoms with E-state index in [0.29, 0.717) is 17.7 Å². The van der Waals surface area contributed by atoms with Gasteiger partial charge in [0.1, 0.15) is 12.4 Å². The highest BCUT2D eigenvalue weighted by molar-refractivity contribution is 5.23. The summed E-state index contributed by atoms with van der Waals surface area (Å²) in [6.45, 7) is 0.00370. The van der Waals surface area contributed by atoms with Crippen molar-refractivity contribution >= 4 is 0 Å². The standard InChI is InChI=1S/C19H23F3N4O2/c1-26-16(12-28-17-11-15(7-9-23-17)19(20,21)22)24-25-18(26)14-5-3-13(4-6-14)8-10-27-2/h7-11,13-14H,3-6,12H2,1-2H3/b10-8+. The first kappa shape index (κ1) is 20.2. The Bertz CT molecular complexity index is 812. The minimum atomic E-state index is -4.43. The van der Waals surface area contributed by atoms with Gasteiger partial charge in [-0.3, -0.25) is 0 Å². The molecule has 0 saturated heterocycles. The molecule has 1 fully saturated rings. The highest BCUT2D eigenvalue weighted by Gasteiger charge is 2.31. The predicted molar refractivity (Wildman–Crippen MR) is 95.4 cm³/mol. The van der Waals surface area contributed by atoms with E-state index in [4.69, 9.17) is 9.47 Å². The lowest BCUT2D eigenvalue weighted by atomic mass is 9.81. The summed E-state index contributed by atoms with van der Waals surface area (Å²) in [5.74, 6) is 2.16. The summed E-state index contributed by atoms with van der Waals surface area (Å²) in [6.07, 6.45) is 4.57. The summed E-state index contributed by atoms with van der Waals surface area (Å²) in [4.78, 5) is 3.83. The molecule has 0 amide bonds. The van der Waals surface area contributed by atoms with Gasteiger partial charge in [-0.1, -0.05) is 0 Å². The normalized spacial score (nSPS) is 20.5. The number of aromatic nitrogens is 4. The van der Waals surface area contributed by atoms with Crippen molar-refractivity contribution in [3.8, 4) is 5.88 Å². The maximum absolute atomic E-state index is 12.8. The van der Waals surface area contributed by atoms with Crippen molar-refractivity contribution < 1.29 is 22.6 Å². The second-order valence-electron chi connectivity index (χ2n) is 6.88. The van der Waals surface area contributed by atoms with Gasteiger partial charge in [-0.2, -0.15) is 13.2 Å². The quantitative estimate of drug-likeness (QED) is 0.684. The molecule has 0 bridgehead atoms. The van der Waals surface area contributed by atoms with Crippen molar-refractivity contribution in [2.75, 3.05) is 7.11 Å². The van der Waals surface area contributed by atoms with Crippen LogP contribution in [-0.2, 0) is 24.6 Å². The fraction of sp³-hybridized carbons (Fsp3) is 0.526. The maximum Gasteiger partial charge on any atom is 0.416 e. The molecule has 2 aromatic heterocycles. The number of hydrogen-bond donors (Lipinski definition) is 0. The van der Waals surface area contributed by atoms with Crippen molar-refractivity contribution in [3.05, 3.63) is 47.9 Å². The third-order valence-electron chi connectivity index (χ3n) is 5.03. The van der Waals surface area contributed by atoms with Gasteiger partial charge in [-0.25, -0.2) is 4.98 Å². The molecule has 2 aromatic rings. The van der Waals surface area contributed by atoms with Crippen LogP contribution in [0.5, 0.6) is 5.88 Å². The second kappa shape index (κ2) is 8.62. The Balaban J connectivity index is 1.61. The topological polar surface area (TPSA) is 62.1 Å². The Morgan fingerprint density at radius 2 is 1.96 bits per heavy atom. The van der Waals surface area contributed by atoms with E-state index < -0.39 is 11.7 Å². The Morgan fingerprint density at radius 3 is 2.64 bits per heavy atom. The Labute approximate surface area is 161 Å². The van der Waals surface area contributed by atoms with Crippen LogP contribution in [0.1, 0.15) is 48.8 Å². The zero-order chi connectivity index (χ0) is 20.1. The van der Waals surface area contributed by atoms with E-state index in [0.717, 1.165) is 49.8 Å². The number of methoxy groups -OCH3 is 1. The first-order chi connectivity index (χ1) is 13.4. The van der Waals surface area contributed by atoms with E-state index in [2.05, 4.69) is 21.3 Å². The molecule has 0 aliphatic heterocycles. The third-order valence-corrected chi connectivity index (χ3v) is 5.03.